The lowest BCUT2D eigenvalue weighted by Crippen LogP contribution is -2.36. The van der Waals surface area contributed by atoms with Crippen LogP contribution < -0.4 is 15.4 Å². The van der Waals surface area contributed by atoms with E-state index < -0.39 is 0 Å². The van der Waals surface area contributed by atoms with Crippen molar-refractivity contribution < 1.29 is 9.53 Å². The van der Waals surface area contributed by atoms with Crippen LogP contribution in [-0.4, -0.2) is 25.6 Å². The van der Waals surface area contributed by atoms with Crippen molar-refractivity contribution in [2.75, 3.05) is 13.7 Å². The molecule has 4 nitrogen and oxygen atoms in total. The second kappa shape index (κ2) is 5.87. The summed E-state index contributed by atoms with van der Waals surface area (Å²) in [6.45, 7) is 2.36. The third-order valence-corrected chi connectivity index (χ3v) is 3.11. The van der Waals surface area contributed by atoms with Crippen molar-refractivity contribution in [3.05, 3.63) is 29.8 Å². The van der Waals surface area contributed by atoms with Gasteiger partial charge in [-0.15, -0.1) is 0 Å². The molecule has 0 spiro atoms. The Bertz CT molecular complexity index is 416. The highest BCUT2D eigenvalue weighted by Crippen LogP contribution is 2.24. The van der Waals surface area contributed by atoms with Gasteiger partial charge in [0.05, 0.1) is 19.7 Å². The highest BCUT2D eigenvalue weighted by molar-refractivity contribution is 5.78. The zero-order valence-electron chi connectivity index (χ0n) is 10.9. The van der Waals surface area contributed by atoms with Crippen molar-refractivity contribution in [1.82, 2.24) is 10.6 Å². The van der Waals surface area contributed by atoms with Crippen LogP contribution in [0, 0.1) is 0 Å². The highest BCUT2D eigenvalue weighted by atomic mass is 16.5. The number of carbonyl (C=O) groups is 1. The van der Waals surface area contributed by atoms with Crippen LogP contribution in [0.5, 0.6) is 5.75 Å². The molecule has 1 amide bonds. The van der Waals surface area contributed by atoms with Crippen molar-refractivity contribution in [2.45, 2.75) is 31.8 Å². The maximum absolute atomic E-state index is 11.7. The van der Waals surface area contributed by atoms with E-state index in [1.807, 2.05) is 31.2 Å². The number of hydrogen-bond acceptors (Lipinski definition) is 3. The number of carbonyl (C=O) groups excluding carboxylic acids is 1. The number of nitrogens with one attached hydrogen (secondary N) is 2. The van der Waals surface area contributed by atoms with Gasteiger partial charge in [0.1, 0.15) is 5.75 Å². The average molecular weight is 248 g/mol. The van der Waals surface area contributed by atoms with Gasteiger partial charge in [0.25, 0.3) is 0 Å². The van der Waals surface area contributed by atoms with Gasteiger partial charge in [0.2, 0.25) is 5.91 Å². The SMILES string of the molecule is COc1ccccc1[C@@H](C)NC(=O)CNC1CC1. The number of para-hydroxylation sites is 1. The van der Waals surface area contributed by atoms with E-state index in [1.54, 1.807) is 7.11 Å². The minimum absolute atomic E-state index is 0.0281. The first kappa shape index (κ1) is 12.9. The fraction of sp³-hybridized carbons (Fsp3) is 0.500. The Morgan fingerprint density at radius 1 is 1.44 bits per heavy atom. The third kappa shape index (κ3) is 3.47. The molecule has 4 heteroatoms. The minimum atomic E-state index is -0.0466. The monoisotopic (exact) mass is 248 g/mol. The quantitative estimate of drug-likeness (QED) is 0.804. The van der Waals surface area contributed by atoms with Crippen LogP contribution in [0.4, 0.5) is 0 Å². The normalized spacial score (nSPS) is 16.1. The van der Waals surface area contributed by atoms with Crippen molar-refractivity contribution in [3.63, 3.8) is 0 Å². The molecule has 0 aliphatic heterocycles. The number of hydrogen-bond donors (Lipinski definition) is 2. The Kier molecular flexibility index (Phi) is 4.20. The first-order chi connectivity index (χ1) is 8.70. The summed E-state index contributed by atoms with van der Waals surface area (Å²) in [5.74, 6) is 0.834. The smallest absolute Gasteiger partial charge is 0.234 e. The molecule has 1 aliphatic carbocycles. The summed E-state index contributed by atoms with van der Waals surface area (Å²) in [5, 5.41) is 6.17. The Morgan fingerprint density at radius 2 is 2.17 bits per heavy atom. The minimum Gasteiger partial charge on any atom is -0.496 e. The maximum atomic E-state index is 11.7. The third-order valence-electron chi connectivity index (χ3n) is 3.11. The fourth-order valence-electron chi connectivity index (χ4n) is 1.92. The van der Waals surface area contributed by atoms with Crippen LogP contribution in [0.1, 0.15) is 31.4 Å². The van der Waals surface area contributed by atoms with E-state index in [0.29, 0.717) is 12.6 Å². The Balaban J connectivity index is 1.89. The number of rotatable bonds is 6. The van der Waals surface area contributed by atoms with Gasteiger partial charge in [-0.3, -0.25) is 4.79 Å². The lowest BCUT2D eigenvalue weighted by molar-refractivity contribution is -0.120. The number of amides is 1. The summed E-state index contributed by atoms with van der Waals surface area (Å²) >= 11 is 0. The topological polar surface area (TPSA) is 50.4 Å². The van der Waals surface area contributed by atoms with Gasteiger partial charge < -0.3 is 15.4 Å². The molecular formula is C14H20N2O2. The molecule has 1 fully saturated rings. The van der Waals surface area contributed by atoms with Gasteiger partial charge in [-0.05, 0) is 25.8 Å². The summed E-state index contributed by atoms with van der Waals surface area (Å²) in [7, 11) is 1.64. The Hall–Kier alpha value is -1.55. The molecule has 2 rings (SSSR count). The van der Waals surface area contributed by atoms with E-state index in [9.17, 15) is 4.79 Å². The highest BCUT2D eigenvalue weighted by Gasteiger charge is 2.21. The molecule has 98 valence electrons. The van der Waals surface area contributed by atoms with Crippen LogP contribution in [0.2, 0.25) is 0 Å². The largest absolute Gasteiger partial charge is 0.496 e. The van der Waals surface area contributed by atoms with E-state index >= 15 is 0 Å². The molecule has 1 aliphatic rings. The van der Waals surface area contributed by atoms with Gasteiger partial charge in [-0.1, -0.05) is 18.2 Å². The van der Waals surface area contributed by atoms with Crippen molar-refractivity contribution in [3.8, 4) is 5.75 Å². The fourth-order valence-corrected chi connectivity index (χ4v) is 1.92. The number of ether oxygens (including phenoxy) is 1. The number of methoxy groups -OCH3 is 1. The summed E-state index contributed by atoms with van der Waals surface area (Å²) < 4.78 is 5.29. The predicted octanol–water partition coefficient (Wildman–Crippen LogP) is 1.62. The predicted molar refractivity (Wildman–Crippen MR) is 70.6 cm³/mol. The van der Waals surface area contributed by atoms with Crippen molar-refractivity contribution in [2.24, 2.45) is 0 Å². The maximum Gasteiger partial charge on any atom is 0.234 e. The van der Waals surface area contributed by atoms with Crippen LogP contribution in [-0.2, 0) is 4.79 Å². The van der Waals surface area contributed by atoms with E-state index in [4.69, 9.17) is 4.74 Å². The molecule has 0 saturated heterocycles. The average Bonchev–Trinajstić information content (AvgIpc) is 3.20. The lowest BCUT2D eigenvalue weighted by atomic mass is 10.1. The van der Waals surface area contributed by atoms with Crippen LogP contribution in [0.25, 0.3) is 0 Å². The molecular weight excluding hydrogens is 228 g/mol. The second-order valence-corrected chi connectivity index (χ2v) is 4.69. The first-order valence-electron chi connectivity index (χ1n) is 6.36. The van der Waals surface area contributed by atoms with Crippen LogP contribution in [0.15, 0.2) is 24.3 Å². The summed E-state index contributed by atoms with van der Waals surface area (Å²) in [6.07, 6.45) is 2.38. The zero-order chi connectivity index (χ0) is 13.0. The molecule has 0 bridgehead atoms. The van der Waals surface area contributed by atoms with E-state index in [2.05, 4.69) is 10.6 Å². The summed E-state index contributed by atoms with van der Waals surface area (Å²) in [4.78, 5) is 11.7. The molecule has 0 radical (unpaired) electrons. The molecule has 1 atom stereocenters. The van der Waals surface area contributed by atoms with Crippen LogP contribution in [0.3, 0.4) is 0 Å². The number of benzene rings is 1. The first-order valence-corrected chi connectivity index (χ1v) is 6.36. The Morgan fingerprint density at radius 3 is 2.83 bits per heavy atom. The molecule has 1 aromatic carbocycles. The van der Waals surface area contributed by atoms with Crippen LogP contribution >= 0.6 is 0 Å². The molecule has 0 aromatic heterocycles. The molecule has 18 heavy (non-hydrogen) atoms. The van der Waals surface area contributed by atoms with Crippen molar-refractivity contribution in [1.29, 1.82) is 0 Å². The summed E-state index contributed by atoms with van der Waals surface area (Å²) in [6, 6.07) is 8.25. The molecule has 2 N–H and O–H groups in total. The molecule has 1 aromatic rings. The van der Waals surface area contributed by atoms with Gasteiger partial charge >= 0.3 is 0 Å². The van der Waals surface area contributed by atoms with Gasteiger partial charge in [-0.25, -0.2) is 0 Å². The summed E-state index contributed by atoms with van der Waals surface area (Å²) in [5.41, 5.74) is 1.000. The van der Waals surface area contributed by atoms with E-state index in [0.717, 1.165) is 11.3 Å². The van der Waals surface area contributed by atoms with E-state index in [-0.39, 0.29) is 11.9 Å². The molecule has 0 heterocycles. The standard InChI is InChI=1S/C14H20N2O2/c1-10(12-5-3-4-6-13(12)18-2)16-14(17)9-15-11-7-8-11/h3-6,10-11,15H,7-9H2,1-2H3,(H,16,17)/t10-/m1/s1. The molecule has 0 unspecified atom stereocenters. The Labute approximate surface area is 108 Å². The van der Waals surface area contributed by atoms with Crippen molar-refractivity contribution >= 4 is 5.91 Å². The van der Waals surface area contributed by atoms with Gasteiger partial charge in [0.15, 0.2) is 0 Å². The second-order valence-electron chi connectivity index (χ2n) is 4.69. The zero-order valence-corrected chi connectivity index (χ0v) is 10.9. The van der Waals surface area contributed by atoms with Gasteiger partial charge in [0, 0.05) is 11.6 Å². The molecule has 1 saturated carbocycles. The van der Waals surface area contributed by atoms with Gasteiger partial charge in [-0.2, -0.15) is 0 Å². The van der Waals surface area contributed by atoms with E-state index in [1.165, 1.54) is 12.8 Å². The lowest BCUT2D eigenvalue weighted by Gasteiger charge is -2.17.